The highest BCUT2D eigenvalue weighted by Gasteiger charge is 1.92. The van der Waals surface area contributed by atoms with Crippen LogP contribution < -0.4 is 0 Å². The Labute approximate surface area is 77.8 Å². The predicted octanol–water partition coefficient (Wildman–Crippen LogP) is 2.23. The molecule has 1 aromatic carbocycles. The number of aromatic nitrogens is 2. The van der Waals surface area contributed by atoms with E-state index in [2.05, 4.69) is 38.6 Å². The van der Waals surface area contributed by atoms with Gasteiger partial charge in [-0.1, -0.05) is 0 Å². The monoisotopic (exact) mass is 256 g/mol. The van der Waals surface area contributed by atoms with Crippen molar-refractivity contribution in [3.63, 3.8) is 0 Å². The van der Waals surface area contributed by atoms with Crippen LogP contribution in [0.5, 0.6) is 0 Å². The highest BCUT2D eigenvalue weighted by Crippen LogP contribution is 2.13. The zero-order chi connectivity index (χ0) is 7.68. The molecule has 0 atom stereocenters. The smallest absolute Gasteiger partial charge is 0.116 e. The maximum Gasteiger partial charge on any atom is 0.116 e. The molecule has 0 aliphatic carbocycles. The Morgan fingerprint density at radius 2 is 2.18 bits per heavy atom. The number of fused-ring (bicyclic) bond motifs is 1. The Kier molecular flexibility index (Phi) is 1.73. The standard InChI is InChI=1S/C8H5IN2/c9-7-1-2-8-6(3-7)4-10-5-11-8/h1-5H. The normalized spacial score (nSPS) is 10.3. The molecule has 1 heterocycles. The highest BCUT2D eigenvalue weighted by molar-refractivity contribution is 14.1. The van der Waals surface area contributed by atoms with Crippen molar-refractivity contribution < 1.29 is 0 Å². The Balaban J connectivity index is 2.83. The predicted molar refractivity (Wildman–Crippen MR) is 52.3 cm³/mol. The van der Waals surface area contributed by atoms with E-state index in [-0.39, 0.29) is 0 Å². The first-order valence-corrected chi connectivity index (χ1v) is 4.29. The minimum absolute atomic E-state index is 1.00. The third-order valence-corrected chi connectivity index (χ3v) is 2.14. The van der Waals surface area contributed by atoms with Gasteiger partial charge in [-0.05, 0) is 40.8 Å². The molecule has 54 valence electrons. The first-order chi connectivity index (χ1) is 5.36. The molecule has 0 unspecified atom stereocenters. The molecule has 2 nitrogen and oxygen atoms in total. The second-order valence-corrected chi connectivity index (χ2v) is 3.47. The van der Waals surface area contributed by atoms with E-state index in [1.807, 2.05) is 18.3 Å². The minimum atomic E-state index is 1.00. The summed E-state index contributed by atoms with van der Waals surface area (Å²) in [6, 6.07) is 6.10. The molecule has 0 spiro atoms. The van der Waals surface area contributed by atoms with Gasteiger partial charge in [0.1, 0.15) is 6.33 Å². The van der Waals surface area contributed by atoms with Crippen molar-refractivity contribution in [1.82, 2.24) is 9.97 Å². The third-order valence-electron chi connectivity index (χ3n) is 1.47. The van der Waals surface area contributed by atoms with Crippen LogP contribution >= 0.6 is 22.6 Å². The van der Waals surface area contributed by atoms with Crippen LogP contribution in [-0.4, -0.2) is 9.97 Å². The van der Waals surface area contributed by atoms with Crippen LogP contribution in [0.25, 0.3) is 10.9 Å². The molecule has 2 aromatic rings. The summed E-state index contributed by atoms with van der Waals surface area (Å²) in [5.74, 6) is 0. The van der Waals surface area contributed by atoms with Gasteiger partial charge in [-0.25, -0.2) is 9.97 Å². The van der Waals surface area contributed by atoms with Crippen LogP contribution in [0, 0.1) is 3.57 Å². The van der Waals surface area contributed by atoms with Gasteiger partial charge in [-0.2, -0.15) is 0 Å². The number of benzene rings is 1. The van der Waals surface area contributed by atoms with E-state index in [9.17, 15) is 0 Å². The molecular weight excluding hydrogens is 251 g/mol. The molecule has 0 saturated heterocycles. The van der Waals surface area contributed by atoms with Crippen molar-refractivity contribution >= 4 is 33.5 Å². The van der Waals surface area contributed by atoms with Gasteiger partial charge in [0.05, 0.1) is 5.52 Å². The van der Waals surface area contributed by atoms with E-state index in [0.29, 0.717) is 0 Å². The molecule has 0 N–H and O–H groups in total. The fourth-order valence-corrected chi connectivity index (χ4v) is 1.47. The number of hydrogen-bond acceptors (Lipinski definition) is 2. The van der Waals surface area contributed by atoms with Gasteiger partial charge in [-0.3, -0.25) is 0 Å². The molecule has 2 rings (SSSR count). The lowest BCUT2D eigenvalue weighted by Gasteiger charge is -1.94. The first kappa shape index (κ1) is 6.97. The molecule has 0 radical (unpaired) electrons. The quantitative estimate of drug-likeness (QED) is 0.675. The van der Waals surface area contributed by atoms with Gasteiger partial charge in [0.25, 0.3) is 0 Å². The Morgan fingerprint density at radius 1 is 1.27 bits per heavy atom. The van der Waals surface area contributed by atoms with Gasteiger partial charge in [0.2, 0.25) is 0 Å². The minimum Gasteiger partial charge on any atom is -0.244 e. The Morgan fingerprint density at radius 3 is 3.09 bits per heavy atom. The van der Waals surface area contributed by atoms with Gasteiger partial charge in [-0.15, -0.1) is 0 Å². The zero-order valence-corrected chi connectivity index (χ0v) is 7.82. The van der Waals surface area contributed by atoms with Gasteiger partial charge >= 0.3 is 0 Å². The van der Waals surface area contributed by atoms with Crippen molar-refractivity contribution in [2.24, 2.45) is 0 Å². The summed E-state index contributed by atoms with van der Waals surface area (Å²) in [5, 5.41) is 1.10. The molecule has 0 amide bonds. The van der Waals surface area contributed by atoms with Crippen LogP contribution in [0.1, 0.15) is 0 Å². The van der Waals surface area contributed by atoms with Crippen LogP contribution in [0.15, 0.2) is 30.7 Å². The van der Waals surface area contributed by atoms with Gasteiger partial charge < -0.3 is 0 Å². The van der Waals surface area contributed by atoms with Crippen molar-refractivity contribution in [1.29, 1.82) is 0 Å². The number of rotatable bonds is 0. The first-order valence-electron chi connectivity index (χ1n) is 3.21. The molecule has 0 aliphatic heterocycles. The maximum atomic E-state index is 4.11. The van der Waals surface area contributed by atoms with Gasteiger partial charge in [0, 0.05) is 15.2 Å². The van der Waals surface area contributed by atoms with Crippen molar-refractivity contribution in [2.45, 2.75) is 0 Å². The summed E-state index contributed by atoms with van der Waals surface area (Å²) in [6.45, 7) is 0. The second-order valence-electron chi connectivity index (χ2n) is 2.23. The molecular formula is C8H5IN2. The average molecular weight is 256 g/mol. The van der Waals surface area contributed by atoms with E-state index in [0.717, 1.165) is 10.9 Å². The van der Waals surface area contributed by atoms with E-state index in [4.69, 9.17) is 0 Å². The van der Waals surface area contributed by atoms with E-state index < -0.39 is 0 Å². The SMILES string of the molecule is Ic1ccc2ncncc2c1. The molecule has 1 aromatic heterocycles. The van der Waals surface area contributed by atoms with E-state index in [1.165, 1.54) is 3.57 Å². The molecule has 11 heavy (non-hydrogen) atoms. The topological polar surface area (TPSA) is 25.8 Å². The molecule has 0 fully saturated rings. The summed E-state index contributed by atoms with van der Waals surface area (Å²) in [7, 11) is 0. The number of nitrogens with zero attached hydrogens (tertiary/aromatic N) is 2. The van der Waals surface area contributed by atoms with E-state index >= 15 is 0 Å². The van der Waals surface area contributed by atoms with E-state index in [1.54, 1.807) is 6.33 Å². The molecule has 0 aliphatic rings. The van der Waals surface area contributed by atoms with Crippen molar-refractivity contribution in [3.05, 3.63) is 34.3 Å². The summed E-state index contributed by atoms with van der Waals surface area (Å²) in [6.07, 6.45) is 3.39. The van der Waals surface area contributed by atoms with Crippen LogP contribution in [-0.2, 0) is 0 Å². The number of hydrogen-bond donors (Lipinski definition) is 0. The van der Waals surface area contributed by atoms with Crippen LogP contribution in [0.4, 0.5) is 0 Å². The molecule has 3 heteroatoms. The summed E-state index contributed by atoms with van der Waals surface area (Å²) >= 11 is 2.27. The van der Waals surface area contributed by atoms with Crippen LogP contribution in [0.3, 0.4) is 0 Å². The lowest BCUT2D eigenvalue weighted by atomic mass is 10.2. The highest BCUT2D eigenvalue weighted by atomic mass is 127. The average Bonchev–Trinajstić information content (AvgIpc) is 2.04. The maximum absolute atomic E-state index is 4.11. The van der Waals surface area contributed by atoms with Crippen molar-refractivity contribution in [2.75, 3.05) is 0 Å². The fraction of sp³-hybridized carbons (Fsp3) is 0. The molecule has 0 bridgehead atoms. The summed E-state index contributed by atoms with van der Waals surface area (Å²) < 4.78 is 1.21. The summed E-state index contributed by atoms with van der Waals surface area (Å²) in [4.78, 5) is 8.05. The zero-order valence-electron chi connectivity index (χ0n) is 5.66. The van der Waals surface area contributed by atoms with Crippen LogP contribution in [0.2, 0.25) is 0 Å². The second kappa shape index (κ2) is 2.73. The van der Waals surface area contributed by atoms with Crippen molar-refractivity contribution in [3.8, 4) is 0 Å². The Bertz CT molecular complexity index is 387. The van der Waals surface area contributed by atoms with Gasteiger partial charge in [0.15, 0.2) is 0 Å². The molecule has 0 saturated carbocycles. The summed E-state index contributed by atoms with van der Waals surface area (Å²) in [5.41, 5.74) is 1.00. The third kappa shape index (κ3) is 1.33. The lowest BCUT2D eigenvalue weighted by molar-refractivity contribution is 1.22. The largest absolute Gasteiger partial charge is 0.244 e. The fourth-order valence-electron chi connectivity index (χ4n) is 0.956. The lowest BCUT2D eigenvalue weighted by Crippen LogP contribution is -1.80. The number of halogens is 1. The Hall–Kier alpha value is -0.710.